The van der Waals surface area contributed by atoms with Crippen LogP contribution in [0.15, 0.2) is 109 Å². The molecule has 1 heterocycles. The van der Waals surface area contributed by atoms with Crippen LogP contribution in [-0.2, 0) is 97.6 Å². The van der Waals surface area contributed by atoms with Gasteiger partial charge < -0.3 is 95.1 Å². The Morgan fingerprint density at radius 1 is 0.529 bits per heavy atom. The highest BCUT2D eigenvalue weighted by atomic mass is 33.1. The quantitative estimate of drug-likeness (QED) is 0.0274. The van der Waals surface area contributed by atoms with Gasteiger partial charge in [-0.25, -0.2) is 4.79 Å². The SMILES string of the molecule is CSCC[C@H](NC(=O)[C@H](Cc1ccc(O)cc1)NC(=O)[C@@H]1CSSC[C@H](NC(=O)[C@@H](N)Cc2ccccc2)C(=O)NCC(=O)N[C@@H](CC(=O)O)C(=O)NCC(=O)N[C@@H](Cc2ccccc2)C(=O)N[C@@H](Cc2ccc(O)cc2)C(=O)N[C@@H](C)C(=O)N1)C(=O)N[C@@H](CCC(=O)O)C(=O)N[C@H](C(=O)O)C(C)C. The molecule has 562 valence electrons. The molecule has 11 atom stereocenters. The number of phenolic OH excluding ortho intramolecular Hbond substituents is 2. The van der Waals surface area contributed by atoms with Crippen molar-refractivity contribution in [2.24, 2.45) is 11.7 Å². The Morgan fingerprint density at radius 3 is 1.58 bits per heavy atom. The number of hydrogen-bond donors (Lipinski definition) is 18. The summed E-state index contributed by atoms with van der Waals surface area (Å²) < 4.78 is 0. The third-order valence-corrected chi connectivity index (χ3v) is 18.9. The zero-order chi connectivity index (χ0) is 76.6. The molecule has 0 aromatic heterocycles. The number of phenols is 2. The van der Waals surface area contributed by atoms with Crippen molar-refractivity contribution in [3.63, 3.8) is 0 Å². The fourth-order valence-electron chi connectivity index (χ4n) is 10.1. The molecule has 36 heteroatoms. The molecule has 104 heavy (non-hydrogen) atoms. The van der Waals surface area contributed by atoms with E-state index in [0.717, 1.165) is 21.6 Å². The predicted octanol–water partition coefficient (Wildman–Crippen LogP) is -1.98. The van der Waals surface area contributed by atoms with Crippen molar-refractivity contribution in [2.75, 3.05) is 36.6 Å². The second-order valence-corrected chi connectivity index (χ2v) is 28.0. The third kappa shape index (κ3) is 29.5. The first kappa shape index (κ1) is 84.2. The van der Waals surface area contributed by atoms with Crippen molar-refractivity contribution in [3.8, 4) is 11.5 Å². The van der Waals surface area contributed by atoms with Crippen LogP contribution >= 0.6 is 33.3 Å². The van der Waals surface area contributed by atoms with Gasteiger partial charge >= 0.3 is 17.9 Å². The van der Waals surface area contributed by atoms with Crippen LogP contribution in [0.1, 0.15) is 68.7 Å². The smallest absolute Gasteiger partial charge is 0.326 e. The van der Waals surface area contributed by atoms with Crippen molar-refractivity contribution in [1.82, 2.24) is 63.8 Å². The fraction of sp³-hybridized carbons (Fsp3) is 0.426. The first-order valence-electron chi connectivity index (χ1n) is 32.8. The number of nitrogens with two attached hydrogens (primary N) is 1. The molecule has 0 bridgehead atoms. The Morgan fingerprint density at radius 2 is 1.02 bits per heavy atom. The number of thioether (sulfide) groups is 1. The molecule has 0 aliphatic carbocycles. The highest BCUT2D eigenvalue weighted by Gasteiger charge is 2.37. The van der Waals surface area contributed by atoms with E-state index in [0.29, 0.717) is 22.3 Å². The van der Waals surface area contributed by atoms with E-state index in [1.165, 1.54) is 81.1 Å². The number of carbonyl (C=O) groups is 15. The van der Waals surface area contributed by atoms with E-state index >= 15 is 4.79 Å². The van der Waals surface area contributed by atoms with E-state index < -0.39 is 199 Å². The van der Waals surface area contributed by atoms with Crippen LogP contribution in [-0.4, -0.2) is 217 Å². The molecule has 5 rings (SSSR count). The maximum Gasteiger partial charge on any atom is 0.326 e. The number of amides is 12. The molecule has 0 unspecified atom stereocenters. The van der Waals surface area contributed by atoms with Gasteiger partial charge in [-0.1, -0.05) is 120 Å². The van der Waals surface area contributed by atoms with Gasteiger partial charge in [0.25, 0.3) is 0 Å². The normalized spacial score (nSPS) is 19.8. The Labute approximate surface area is 610 Å². The van der Waals surface area contributed by atoms with E-state index in [-0.39, 0.29) is 55.1 Å². The first-order valence-corrected chi connectivity index (χ1v) is 36.6. The minimum Gasteiger partial charge on any atom is -0.508 e. The zero-order valence-corrected chi connectivity index (χ0v) is 59.6. The Hall–Kier alpha value is -10.5. The Bertz CT molecular complexity index is 3660. The van der Waals surface area contributed by atoms with Crippen LogP contribution in [0.3, 0.4) is 0 Å². The second-order valence-electron chi connectivity index (χ2n) is 24.4. The van der Waals surface area contributed by atoms with Gasteiger partial charge in [-0.15, -0.1) is 0 Å². The van der Waals surface area contributed by atoms with Gasteiger partial charge in [-0.05, 0) is 90.6 Å². The van der Waals surface area contributed by atoms with Crippen LogP contribution in [0.2, 0.25) is 0 Å². The largest absolute Gasteiger partial charge is 0.508 e. The predicted molar refractivity (Wildman–Crippen MR) is 382 cm³/mol. The average Bonchev–Trinajstić information content (AvgIpc) is 0.941. The summed E-state index contributed by atoms with van der Waals surface area (Å²) in [6.45, 7) is 2.43. The van der Waals surface area contributed by atoms with E-state index in [4.69, 9.17) is 5.73 Å². The monoisotopic (exact) mass is 1500 g/mol. The molecule has 4 aromatic rings. The van der Waals surface area contributed by atoms with E-state index in [1.54, 1.807) is 66.9 Å². The van der Waals surface area contributed by atoms with Crippen LogP contribution in [0.5, 0.6) is 11.5 Å². The van der Waals surface area contributed by atoms with Gasteiger partial charge in [0.2, 0.25) is 70.9 Å². The number of carbonyl (C=O) groups excluding carboxylic acids is 12. The summed E-state index contributed by atoms with van der Waals surface area (Å²) in [5, 5.41) is 79.0. The highest BCUT2D eigenvalue weighted by Crippen LogP contribution is 2.24. The Balaban J connectivity index is 1.57. The van der Waals surface area contributed by atoms with Gasteiger partial charge in [0, 0.05) is 37.2 Å². The number of aromatic hydroxyl groups is 2. The maximum absolute atomic E-state index is 15.1. The summed E-state index contributed by atoms with van der Waals surface area (Å²) >= 11 is 1.25. The summed E-state index contributed by atoms with van der Waals surface area (Å²) in [5.74, 6) is -18.3. The van der Waals surface area contributed by atoms with Crippen LogP contribution in [0.25, 0.3) is 0 Å². The highest BCUT2D eigenvalue weighted by molar-refractivity contribution is 8.76. The van der Waals surface area contributed by atoms with E-state index in [1.807, 2.05) is 0 Å². The molecule has 1 aliphatic rings. The van der Waals surface area contributed by atoms with Gasteiger partial charge in [-0.3, -0.25) is 67.1 Å². The Kier molecular flexibility index (Phi) is 34.7. The number of benzene rings is 4. The van der Waals surface area contributed by atoms with Gasteiger partial charge in [0.15, 0.2) is 0 Å². The van der Waals surface area contributed by atoms with Crippen LogP contribution < -0.4 is 69.5 Å². The minimum atomic E-state index is -1.85. The van der Waals surface area contributed by atoms with E-state index in [9.17, 15) is 92.7 Å². The number of nitrogens with one attached hydrogen (secondary N) is 12. The second kappa shape index (κ2) is 42.8. The van der Waals surface area contributed by atoms with E-state index in [2.05, 4.69) is 63.8 Å². The number of carboxylic acid groups (broad SMARTS) is 3. The number of rotatable bonds is 28. The standard InChI is InChI=1S/C68H87N13O20S3/c1-36(2)57(68(100)101)81-63(95)45(23-24-55(86)87)75-62(94)46(25-26-102-4)76-66(98)49(30-41-17-21-43(83)22-18-41)78-67(99)52-35-104-103-34-51(80-59(91)44(69)27-38-11-7-5-8-12-38)61(93)71-33-54(85)74-50(31-56(88)89)60(92)70-32-53(84)73-47(28-39-13-9-6-10-14-39)65(97)77-48(29-40-15-19-42(82)20-16-40)64(96)72-37(3)58(90)79-52/h5-22,36-37,44-52,57,82-83H,23-35,69H2,1-4H3,(H,70,92)(H,71,93)(H,72,96)(H,73,84)(H,74,85)(H,75,94)(H,76,98)(H,77,97)(H,78,99)(H,79,90)(H,80,91)(H,81,95)(H,86,87)(H,88,89)(H,100,101)/t37-,44-,45-,46-,47-,48-,49-,50-,51-,52-,57-/m0/s1. The van der Waals surface area contributed by atoms with Crippen molar-refractivity contribution in [3.05, 3.63) is 131 Å². The lowest BCUT2D eigenvalue weighted by Crippen LogP contribution is -2.61. The first-order chi connectivity index (χ1) is 49.4. The molecule has 33 nitrogen and oxygen atoms in total. The molecule has 1 aliphatic heterocycles. The van der Waals surface area contributed by atoms with Crippen molar-refractivity contribution in [2.45, 2.75) is 139 Å². The van der Waals surface area contributed by atoms with Crippen molar-refractivity contribution >= 4 is 122 Å². The molecule has 0 saturated carbocycles. The molecule has 0 radical (unpaired) electrons. The fourth-order valence-corrected chi connectivity index (χ4v) is 12.9. The summed E-state index contributed by atoms with van der Waals surface area (Å²) in [6, 6.07) is 10.4. The van der Waals surface area contributed by atoms with Crippen molar-refractivity contribution in [1.29, 1.82) is 0 Å². The molecule has 0 spiro atoms. The summed E-state index contributed by atoms with van der Waals surface area (Å²) in [5.41, 5.74) is 8.16. The topological polar surface area (TPSA) is 528 Å². The molecule has 4 aromatic carbocycles. The lowest BCUT2D eigenvalue weighted by atomic mass is 10.0. The number of carboxylic acids is 3. The van der Waals surface area contributed by atoms with Crippen LogP contribution in [0, 0.1) is 5.92 Å². The maximum atomic E-state index is 15.1. The lowest BCUT2D eigenvalue weighted by Gasteiger charge is -2.28. The number of aliphatic carboxylic acids is 3. The van der Waals surface area contributed by atoms with Gasteiger partial charge in [0.05, 0.1) is 25.6 Å². The molecule has 12 amide bonds. The molecule has 19 N–H and O–H groups in total. The average molecular weight is 1500 g/mol. The minimum absolute atomic E-state index is 0.00233. The molecule has 1 fully saturated rings. The third-order valence-electron chi connectivity index (χ3n) is 15.8. The summed E-state index contributed by atoms with van der Waals surface area (Å²) in [4.78, 5) is 206. The van der Waals surface area contributed by atoms with Gasteiger partial charge in [-0.2, -0.15) is 11.8 Å². The van der Waals surface area contributed by atoms with Gasteiger partial charge in [0.1, 0.15) is 71.9 Å². The molecule has 1 saturated heterocycles. The molecular formula is C68H87N13O20S3. The van der Waals surface area contributed by atoms with Crippen molar-refractivity contribution < 1.29 is 97.5 Å². The summed E-state index contributed by atoms with van der Waals surface area (Å²) in [7, 11) is 1.66. The molecular weight excluding hydrogens is 1420 g/mol. The van der Waals surface area contributed by atoms with Crippen LogP contribution in [0.4, 0.5) is 0 Å². The zero-order valence-electron chi connectivity index (χ0n) is 57.2. The lowest BCUT2D eigenvalue weighted by molar-refractivity contribution is -0.144. The number of hydrogen-bond acceptors (Lipinski definition) is 21. The summed E-state index contributed by atoms with van der Waals surface area (Å²) in [6.07, 6.45) is -1.54.